The smallest absolute Gasteiger partial charge is 0.242 e. The van der Waals surface area contributed by atoms with E-state index in [1.807, 2.05) is 45.0 Å². The molecule has 28 heavy (non-hydrogen) atoms. The van der Waals surface area contributed by atoms with Crippen LogP contribution in [0.5, 0.6) is 0 Å². The summed E-state index contributed by atoms with van der Waals surface area (Å²) in [6, 6.07) is 13.1. The van der Waals surface area contributed by atoms with E-state index in [0.717, 1.165) is 23.1 Å². The third kappa shape index (κ3) is 5.91. The molecule has 0 aromatic heterocycles. The zero-order valence-corrected chi connectivity index (χ0v) is 17.0. The second-order valence-corrected chi connectivity index (χ2v) is 7.25. The number of aryl methyl sites for hydroxylation is 1. The fourth-order valence-electron chi connectivity index (χ4n) is 2.90. The highest BCUT2D eigenvalue weighted by Gasteiger charge is 2.27. The minimum absolute atomic E-state index is 0.0439. The minimum atomic E-state index is -0.610. The van der Waals surface area contributed by atoms with Crippen molar-refractivity contribution in [2.45, 2.75) is 59.2 Å². The standard InChI is InChI=1S/C23H29FN2O2/c1-5-17(3)25-23(28)18(4)26(15-20-9-7-6-8-16(20)2)22(27)14-19-10-12-21(24)13-11-19/h6-13,17-18H,5,14-15H2,1-4H3,(H,25,28)/t17-,18-/m1/s1. The lowest BCUT2D eigenvalue weighted by molar-refractivity contribution is -0.140. The van der Waals surface area contributed by atoms with Gasteiger partial charge in [-0.3, -0.25) is 9.59 Å². The van der Waals surface area contributed by atoms with Gasteiger partial charge in [-0.1, -0.05) is 43.3 Å². The van der Waals surface area contributed by atoms with Crippen LogP contribution in [0.1, 0.15) is 43.9 Å². The summed E-state index contributed by atoms with van der Waals surface area (Å²) in [6.07, 6.45) is 0.937. The number of carbonyl (C=O) groups excluding carboxylic acids is 2. The molecule has 0 aliphatic carbocycles. The molecule has 0 spiro atoms. The highest BCUT2D eigenvalue weighted by atomic mass is 19.1. The Balaban J connectivity index is 2.23. The van der Waals surface area contributed by atoms with Crippen LogP contribution >= 0.6 is 0 Å². The van der Waals surface area contributed by atoms with Gasteiger partial charge in [0.25, 0.3) is 0 Å². The fraction of sp³-hybridized carbons (Fsp3) is 0.391. The van der Waals surface area contributed by atoms with Crippen molar-refractivity contribution in [3.8, 4) is 0 Å². The molecule has 0 saturated carbocycles. The number of hydrogen-bond acceptors (Lipinski definition) is 2. The molecule has 2 aromatic rings. The summed E-state index contributed by atoms with van der Waals surface area (Å²) in [5, 5.41) is 2.95. The van der Waals surface area contributed by atoms with Gasteiger partial charge in [0.15, 0.2) is 0 Å². The Morgan fingerprint density at radius 1 is 1.07 bits per heavy atom. The van der Waals surface area contributed by atoms with Gasteiger partial charge in [0.1, 0.15) is 11.9 Å². The Kier molecular flexibility index (Phi) is 7.73. The summed E-state index contributed by atoms with van der Waals surface area (Å²) in [6.45, 7) is 8.03. The zero-order valence-electron chi connectivity index (χ0n) is 17.0. The minimum Gasteiger partial charge on any atom is -0.352 e. The summed E-state index contributed by atoms with van der Waals surface area (Å²) in [5.74, 6) is -0.675. The SMILES string of the molecule is CC[C@@H](C)NC(=O)[C@@H](C)N(Cc1ccccc1C)C(=O)Cc1ccc(F)cc1. The van der Waals surface area contributed by atoms with Gasteiger partial charge in [-0.15, -0.1) is 0 Å². The molecule has 150 valence electrons. The van der Waals surface area contributed by atoms with E-state index in [1.165, 1.54) is 12.1 Å². The lowest BCUT2D eigenvalue weighted by Gasteiger charge is -2.30. The Morgan fingerprint density at radius 2 is 1.71 bits per heavy atom. The van der Waals surface area contributed by atoms with E-state index in [-0.39, 0.29) is 30.1 Å². The summed E-state index contributed by atoms with van der Waals surface area (Å²) in [5.41, 5.74) is 2.78. The van der Waals surface area contributed by atoms with E-state index >= 15 is 0 Å². The summed E-state index contributed by atoms with van der Waals surface area (Å²) in [7, 11) is 0. The van der Waals surface area contributed by atoms with Crippen molar-refractivity contribution in [2.24, 2.45) is 0 Å². The van der Waals surface area contributed by atoms with Gasteiger partial charge in [-0.05, 0) is 56.0 Å². The zero-order chi connectivity index (χ0) is 20.7. The van der Waals surface area contributed by atoms with Crippen LogP contribution in [-0.4, -0.2) is 28.8 Å². The molecule has 0 saturated heterocycles. The number of rotatable bonds is 8. The molecule has 0 aliphatic heterocycles. The number of carbonyl (C=O) groups is 2. The van der Waals surface area contributed by atoms with Gasteiger partial charge >= 0.3 is 0 Å². The number of amides is 2. The van der Waals surface area contributed by atoms with E-state index < -0.39 is 6.04 Å². The maximum Gasteiger partial charge on any atom is 0.242 e. The van der Waals surface area contributed by atoms with E-state index in [0.29, 0.717) is 6.54 Å². The van der Waals surface area contributed by atoms with Gasteiger partial charge < -0.3 is 10.2 Å². The fourth-order valence-corrected chi connectivity index (χ4v) is 2.90. The monoisotopic (exact) mass is 384 g/mol. The molecule has 1 N–H and O–H groups in total. The molecule has 5 heteroatoms. The topological polar surface area (TPSA) is 49.4 Å². The van der Waals surface area contributed by atoms with Crippen LogP contribution in [0.3, 0.4) is 0 Å². The van der Waals surface area contributed by atoms with Crippen molar-refractivity contribution < 1.29 is 14.0 Å². The molecule has 0 bridgehead atoms. The van der Waals surface area contributed by atoms with Crippen molar-refractivity contribution in [1.82, 2.24) is 10.2 Å². The highest BCUT2D eigenvalue weighted by molar-refractivity contribution is 5.88. The van der Waals surface area contributed by atoms with Crippen LogP contribution in [0.4, 0.5) is 4.39 Å². The van der Waals surface area contributed by atoms with E-state index in [2.05, 4.69) is 5.32 Å². The number of benzene rings is 2. The molecule has 0 aliphatic rings. The van der Waals surface area contributed by atoms with Crippen LogP contribution in [0.25, 0.3) is 0 Å². The Bertz CT molecular complexity index is 805. The van der Waals surface area contributed by atoms with E-state index in [9.17, 15) is 14.0 Å². The molecular formula is C23H29FN2O2. The Morgan fingerprint density at radius 3 is 2.32 bits per heavy atom. The Labute approximate surface area is 166 Å². The highest BCUT2D eigenvalue weighted by Crippen LogP contribution is 2.16. The first-order chi connectivity index (χ1) is 13.3. The molecule has 2 aromatic carbocycles. The second-order valence-electron chi connectivity index (χ2n) is 7.25. The molecule has 2 rings (SSSR count). The maximum absolute atomic E-state index is 13.2. The van der Waals surface area contributed by atoms with E-state index in [4.69, 9.17) is 0 Å². The number of nitrogens with zero attached hydrogens (tertiary/aromatic N) is 1. The van der Waals surface area contributed by atoms with E-state index in [1.54, 1.807) is 24.0 Å². The molecule has 0 fully saturated rings. The normalized spacial score (nSPS) is 12.9. The average molecular weight is 384 g/mol. The van der Waals surface area contributed by atoms with Crippen LogP contribution in [0.15, 0.2) is 48.5 Å². The largest absolute Gasteiger partial charge is 0.352 e. The maximum atomic E-state index is 13.2. The van der Waals surface area contributed by atoms with Crippen molar-refractivity contribution in [1.29, 1.82) is 0 Å². The molecule has 2 atom stereocenters. The van der Waals surface area contributed by atoms with Gasteiger partial charge in [-0.2, -0.15) is 0 Å². The van der Waals surface area contributed by atoms with Crippen molar-refractivity contribution in [3.05, 3.63) is 71.0 Å². The third-order valence-corrected chi connectivity index (χ3v) is 5.04. The van der Waals surface area contributed by atoms with Crippen molar-refractivity contribution >= 4 is 11.8 Å². The summed E-state index contributed by atoms with van der Waals surface area (Å²) >= 11 is 0. The summed E-state index contributed by atoms with van der Waals surface area (Å²) in [4.78, 5) is 27.3. The second kappa shape index (κ2) is 10.0. The first kappa shape index (κ1) is 21.6. The first-order valence-corrected chi connectivity index (χ1v) is 9.70. The molecule has 4 nitrogen and oxygen atoms in total. The van der Waals surface area contributed by atoms with Crippen molar-refractivity contribution in [3.63, 3.8) is 0 Å². The number of hydrogen-bond donors (Lipinski definition) is 1. The quantitative estimate of drug-likeness (QED) is 0.748. The lowest BCUT2D eigenvalue weighted by Crippen LogP contribution is -2.50. The molecular weight excluding hydrogens is 355 g/mol. The van der Waals surface area contributed by atoms with Gasteiger partial charge in [-0.25, -0.2) is 4.39 Å². The van der Waals surface area contributed by atoms with Crippen LogP contribution in [0.2, 0.25) is 0 Å². The van der Waals surface area contributed by atoms with Gasteiger partial charge in [0.05, 0.1) is 6.42 Å². The molecule has 0 heterocycles. The lowest BCUT2D eigenvalue weighted by atomic mass is 10.1. The van der Waals surface area contributed by atoms with Crippen LogP contribution in [0, 0.1) is 12.7 Å². The van der Waals surface area contributed by atoms with Crippen molar-refractivity contribution in [2.75, 3.05) is 0 Å². The van der Waals surface area contributed by atoms with Gasteiger partial charge in [0, 0.05) is 12.6 Å². The molecule has 0 unspecified atom stereocenters. The molecule has 0 radical (unpaired) electrons. The Hall–Kier alpha value is -2.69. The van der Waals surface area contributed by atoms with Gasteiger partial charge in [0.2, 0.25) is 11.8 Å². The molecule has 2 amide bonds. The van der Waals surface area contributed by atoms with Crippen LogP contribution in [-0.2, 0) is 22.6 Å². The predicted octanol–water partition coefficient (Wildman–Crippen LogP) is 4.01. The van der Waals surface area contributed by atoms with Crippen LogP contribution < -0.4 is 5.32 Å². The third-order valence-electron chi connectivity index (χ3n) is 5.04. The number of halogens is 1. The first-order valence-electron chi connectivity index (χ1n) is 9.70. The summed E-state index contributed by atoms with van der Waals surface area (Å²) < 4.78 is 13.2. The predicted molar refractivity (Wildman–Crippen MR) is 109 cm³/mol. The number of nitrogens with one attached hydrogen (secondary N) is 1. The average Bonchev–Trinajstić information content (AvgIpc) is 2.68.